The molecule has 0 aliphatic carbocycles. The quantitative estimate of drug-likeness (QED) is 0.559. The number of nitrogens with two attached hydrogens (primary N) is 1. The molecule has 0 unspecified atom stereocenters. The zero-order valence-electron chi connectivity index (χ0n) is 11.1. The first-order valence-electron chi connectivity index (χ1n) is 6.11. The van der Waals surface area contributed by atoms with Gasteiger partial charge in [0.05, 0.1) is 10.6 Å². The van der Waals surface area contributed by atoms with E-state index in [1.54, 1.807) is 36.4 Å². The van der Waals surface area contributed by atoms with Crippen LogP contribution in [0.4, 0.5) is 5.69 Å². The highest BCUT2D eigenvalue weighted by Gasteiger charge is 2.13. The average molecular weight is 305 g/mol. The third-order valence-corrected chi connectivity index (χ3v) is 3.93. The lowest BCUT2D eigenvalue weighted by atomic mass is 10.3. The topological polar surface area (TPSA) is 105 Å². The highest BCUT2D eigenvalue weighted by molar-refractivity contribution is 7.92. The van der Waals surface area contributed by atoms with Crippen molar-refractivity contribution in [2.75, 3.05) is 11.3 Å². The summed E-state index contributed by atoms with van der Waals surface area (Å²) in [6.07, 6.45) is 0. The van der Waals surface area contributed by atoms with Crippen molar-refractivity contribution >= 4 is 21.5 Å². The summed E-state index contributed by atoms with van der Waals surface area (Å²) in [6.45, 7) is -0.0467. The molecule has 2 aromatic rings. The number of nitrogens with one attached hydrogen (secondary N) is 2. The maximum absolute atomic E-state index is 12.2. The van der Waals surface area contributed by atoms with Gasteiger partial charge in [0.25, 0.3) is 10.0 Å². The molecule has 0 saturated carbocycles. The molecule has 0 aromatic heterocycles. The van der Waals surface area contributed by atoms with Crippen LogP contribution in [0.3, 0.4) is 0 Å². The third-order valence-electron chi connectivity index (χ3n) is 2.53. The van der Waals surface area contributed by atoms with Gasteiger partial charge >= 0.3 is 0 Å². The second-order valence-corrected chi connectivity index (χ2v) is 5.94. The van der Waals surface area contributed by atoms with Crippen molar-refractivity contribution in [1.29, 1.82) is 5.41 Å². The molecule has 0 heterocycles. The Morgan fingerprint density at radius 3 is 2.52 bits per heavy atom. The Bertz CT molecular complexity index is 730. The maximum Gasteiger partial charge on any atom is 0.261 e. The lowest BCUT2D eigenvalue weighted by Crippen LogP contribution is -2.19. The molecule has 0 radical (unpaired) electrons. The van der Waals surface area contributed by atoms with E-state index in [4.69, 9.17) is 15.9 Å². The van der Waals surface area contributed by atoms with Crippen LogP contribution < -0.4 is 15.2 Å². The number of anilines is 1. The fourth-order valence-electron chi connectivity index (χ4n) is 1.62. The van der Waals surface area contributed by atoms with Crippen molar-refractivity contribution in [3.8, 4) is 5.75 Å². The van der Waals surface area contributed by atoms with Crippen molar-refractivity contribution in [1.82, 2.24) is 0 Å². The Kier molecular flexibility index (Phi) is 4.44. The first-order chi connectivity index (χ1) is 9.97. The number of hydrogen-bond donors (Lipinski definition) is 3. The van der Waals surface area contributed by atoms with E-state index in [-0.39, 0.29) is 17.3 Å². The van der Waals surface area contributed by atoms with Gasteiger partial charge in [-0.15, -0.1) is 0 Å². The predicted molar refractivity (Wildman–Crippen MR) is 81.1 cm³/mol. The van der Waals surface area contributed by atoms with E-state index in [1.807, 2.05) is 0 Å². The minimum absolute atomic E-state index is 0.0467. The molecule has 0 atom stereocenters. The van der Waals surface area contributed by atoms with E-state index in [2.05, 4.69) is 4.72 Å². The summed E-state index contributed by atoms with van der Waals surface area (Å²) in [6, 6.07) is 14.5. The Morgan fingerprint density at radius 1 is 1.14 bits per heavy atom. The normalized spacial score (nSPS) is 10.9. The molecule has 0 aliphatic heterocycles. The van der Waals surface area contributed by atoms with Crippen molar-refractivity contribution in [3.05, 3.63) is 54.6 Å². The fourth-order valence-corrected chi connectivity index (χ4v) is 2.69. The molecule has 0 amide bonds. The molecule has 4 N–H and O–H groups in total. The van der Waals surface area contributed by atoms with Crippen molar-refractivity contribution in [2.45, 2.75) is 4.90 Å². The number of ether oxygens (including phenoxy) is 1. The average Bonchev–Trinajstić information content (AvgIpc) is 2.46. The highest BCUT2D eigenvalue weighted by Crippen LogP contribution is 2.20. The van der Waals surface area contributed by atoms with Gasteiger partial charge in [0.15, 0.2) is 0 Å². The second kappa shape index (κ2) is 6.27. The lowest BCUT2D eigenvalue weighted by molar-refractivity contribution is 0.374. The van der Waals surface area contributed by atoms with Crippen LogP contribution in [0, 0.1) is 5.41 Å². The van der Waals surface area contributed by atoms with Crippen LogP contribution >= 0.6 is 0 Å². The van der Waals surface area contributed by atoms with Gasteiger partial charge < -0.3 is 10.5 Å². The summed E-state index contributed by atoms with van der Waals surface area (Å²) in [7, 11) is -3.63. The molecule has 0 fully saturated rings. The van der Waals surface area contributed by atoms with E-state index in [0.717, 1.165) is 0 Å². The summed E-state index contributed by atoms with van der Waals surface area (Å²) in [5.41, 5.74) is 5.58. The van der Waals surface area contributed by atoms with Crippen LogP contribution in [0.1, 0.15) is 0 Å². The van der Waals surface area contributed by atoms with E-state index >= 15 is 0 Å². The van der Waals surface area contributed by atoms with Crippen molar-refractivity contribution in [2.24, 2.45) is 5.73 Å². The molecule has 7 heteroatoms. The number of rotatable bonds is 6. The summed E-state index contributed by atoms with van der Waals surface area (Å²) in [4.78, 5) is 0.181. The SMILES string of the molecule is N=C(N)COc1cccc(NS(=O)(=O)c2ccccc2)c1. The maximum atomic E-state index is 12.2. The van der Waals surface area contributed by atoms with E-state index < -0.39 is 10.0 Å². The van der Waals surface area contributed by atoms with Crippen molar-refractivity contribution in [3.63, 3.8) is 0 Å². The molecule has 0 spiro atoms. The van der Waals surface area contributed by atoms with Crippen LogP contribution in [-0.2, 0) is 10.0 Å². The Morgan fingerprint density at radius 2 is 1.86 bits per heavy atom. The molecule has 6 nitrogen and oxygen atoms in total. The van der Waals surface area contributed by atoms with Gasteiger partial charge in [-0.3, -0.25) is 10.1 Å². The van der Waals surface area contributed by atoms with Crippen LogP contribution in [0.15, 0.2) is 59.5 Å². The first-order valence-corrected chi connectivity index (χ1v) is 7.59. The second-order valence-electron chi connectivity index (χ2n) is 4.26. The Balaban J connectivity index is 2.16. The van der Waals surface area contributed by atoms with Gasteiger partial charge in [-0.25, -0.2) is 8.42 Å². The largest absolute Gasteiger partial charge is 0.486 e. The van der Waals surface area contributed by atoms with Crippen molar-refractivity contribution < 1.29 is 13.2 Å². The molecule has 0 aliphatic rings. The zero-order chi connectivity index (χ0) is 15.3. The van der Waals surface area contributed by atoms with Gasteiger partial charge in [-0.1, -0.05) is 24.3 Å². The number of benzene rings is 2. The Hall–Kier alpha value is -2.54. The monoisotopic (exact) mass is 305 g/mol. The highest BCUT2D eigenvalue weighted by atomic mass is 32.2. The standard InChI is InChI=1S/C14H15N3O3S/c15-14(16)10-20-12-6-4-5-11(9-12)17-21(18,19)13-7-2-1-3-8-13/h1-9,17H,10H2,(H3,15,16). The minimum atomic E-state index is -3.63. The van der Waals surface area contributed by atoms with Crippen LogP contribution in [-0.4, -0.2) is 20.9 Å². The molecule has 2 rings (SSSR count). The third kappa shape index (κ3) is 4.22. The molecule has 110 valence electrons. The first kappa shape index (κ1) is 14.9. The van der Waals surface area contributed by atoms with Gasteiger partial charge in [0.2, 0.25) is 0 Å². The zero-order valence-corrected chi connectivity index (χ0v) is 11.9. The Labute approximate surface area is 123 Å². The summed E-state index contributed by atoms with van der Waals surface area (Å²) >= 11 is 0. The van der Waals surface area contributed by atoms with E-state index in [9.17, 15) is 8.42 Å². The number of amidine groups is 1. The van der Waals surface area contributed by atoms with Crippen LogP contribution in [0.25, 0.3) is 0 Å². The van der Waals surface area contributed by atoms with Crippen LogP contribution in [0.5, 0.6) is 5.75 Å². The molecule has 0 saturated heterocycles. The van der Waals surface area contributed by atoms with Gasteiger partial charge in [-0.2, -0.15) is 0 Å². The number of sulfonamides is 1. The molecular formula is C14H15N3O3S. The molecule has 21 heavy (non-hydrogen) atoms. The molecule has 0 bridgehead atoms. The minimum Gasteiger partial charge on any atom is -0.486 e. The predicted octanol–water partition coefficient (Wildman–Crippen LogP) is 1.80. The fraction of sp³-hybridized carbons (Fsp3) is 0.0714. The van der Waals surface area contributed by atoms with Gasteiger partial charge in [0, 0.05) is 6.07 Å². The van der Waals surface area contributed by atoms with E-state index in [0.29, 0.717) is 11.4 Å². The molecule has 2 aromatic carbocycles. The van der Waals surface area contributed by atoms with E-state index in [1.165, 1.54) is 18.2 Å². The summed E-state index contributed by atoms with van der Waals surface area (Å²) < 4.78 is 32.1. The molecular weight excluding hydrogens is 290 g/mol. The van der Waals surface area contributed by atoms with Crippen LogP contribution in [0.2, 0.25) is 0 Å². The van der Waals surface area contributed by atoms with Gasteiger partial charge in [0.1, 0.15) is 18.2 Å². The lowest BCUT2D eigenvalue weighted by Gasteiger charge is -2.10. The summed E-state index contributed by atoms with van der Waals surface area (Å²) in [5, 5.41) is 7.10. The smallest absolute Gasteiger partial charge is 0.261 e. The van der Waals surface area contributed by atoms with Gasteiger partial charge in [-0.05, 0) is 24.3 Å². The summed E-state index contributed by atoms with van der Waals surface area (Å²) in [5.74, 6) is 0.323. The number of hydrogen-bond acceptors (Lipinski definition) is 4.